The molecule has 1 amide bonds. The standard InChI is InChI=1S/C12H9F3N4O/c13-12(14,15)11-6-18-10(5-19-11)8-1-2-17-9(3-8)4-16-7-20/h1-3,5-7H,4H2,(H,16,20). The Bertz CT molecular complexity index is 598. The summed E-state index contributed by atoms with van der Waals surface area (Å²) >= 11 is 0. The fourth-order valence-electron chi connectivity index (χ4n) is 1.50. The van der Waals surface area contributed by atoms with Crippen LogP contribution in [0, 0.1) is 0 Å². The highest BCUT2D eigenvalue weighted by Gasteiger charge is 2.32. The second kappa shape index (κ2) is 5.64. The highest BCUT2D eigenvalue weighted by atomic mass is 19.4. The molecule has 0 unspecified atom stereocenters. The average molecular weight is 282 g/mol. The highest BCUT2D eigenvalue weighted by molar-refractivity contribution is 5.58. The van der Waals surface area contributed by atoms with E-state index in [0.29, 0.717) is 29.6 Å². The number of halogens is 3. The maximum atomic E-state index is 12.4. The van der Waals surface area contributed by atoms with Gasteiger partial charge in [0.1, 0.15) is 0 Å². The zero-order valence-electron chi connectivity index (χ0n) is 10.1. The summed E-state index contributed by atoms with van der Waals surface area (Å²) in [6.45, 7) is 0.228. The van der Waals surface area contributed by atoms with E-state index in [9.17, 15) is 18.0 Å². The van der Waals surface area contributed by atoms with E-state index in [-0.39, 0.29) is 6.54 Å². The van der Waals surface area contributed by atoms with Crippen LogP contribution < -0.4 is 5.32 Å². The summed E-state index contributed by atoms with van der Waals surface area (Å²) in [7, 11) is 0. The van der Waals surface area contributed by atoms with Gasteiger partial charge in [-0.2, -0.15) is 13.2 Å². The Morgan fingerprint density at radius 2 is 2.00 bits per heavy atom. The molecular weight excluding hydrogens is 273 g/mol. The quantitative estimate of drug-likeness (QED) is 0.868. The molecule has 8 heteroatoms. The van der Waals surface area contributed by atoms with Gasteiger partial charge < -0.3 is 5.32 Å². The van der Waals surface area contributed by atoms with E-state index in [1.54, 1.807) is 12.1 Å². The number of hydrogen-bond donors (Lipinski definition) is 1. The molecule has 0 aromatic carbocycles. The summed E-state index contributed by atoms with van der Waals surface area (Å²) < 4.78 is 37.1. The van der Waals surface area contributed by atoms with Gasteiger partial charge in [-0.25, -0.2) is 4.98 Å². The van der Waals surface area contributed by atoms with Gasteiger partial charge in [0.05, 0.1) is 30.3 Å². The van der Waals surface area contributed by atoms with Crippen molar-refractivity contribution in [1.29, 1.82) is 0 Å². The first-order valence-corrected chi connectivity index (χ1v) is 5.52. The Morgan fingerprint density at radius 1 is 1.20 bits per heavy atom. The SMILES string of the molecule is O=CNCc1cc(-c2cnc(C(F)(F)F)cn2)ccn1. The topological polar surface area (TPSA) is 67.8 Å². The molecule has 2 aromatic rings. The van der Waals surface area contributed by atoms with Crippen molar-refractivity contribution in [2.75, 3.05) is 0 Å². The Balaban J connectivity index is 2.25. The van der Waals surface area contributed by atoms with Gasteiger partial charge in [-0.05, 0) is 12.1 Å². The molecule has 0 fully saturated rings. The van der Waals surface area contributed by atoms with Gasteiger partial charge in [-0.15, -0.1) is 0 Å². The average Bonchev–Trinajstić information content (AvgIpc) is 2.45. The van der Waals surface area contributed by atoms with Gasteiger partial charge in [0.2, 0.25) is 6.41 Å². The normalized spacial score (nSPS) is 11.2. The minimum Gasteiger partial charge on any atom is -0.353 e. The molecule has 0 saturated heterocycles. The van der Waals surface area contributed by atoms with Gasteiger partial charge in [-0.3, -0.25) is 14.8 Å². The molecule has 0 atom stereocenters. The summed E-state index contributed by atoms with van der Waals surface area (Å²) in [5.41, 5.74) is 0.395. The highest BCUT2D eigenvalue weighted by Crippen LogP contribution is 2.27. The third-order valence-corrected chi connectivity index (χ3v) is 2.42. The molecule has 0 spiro atoms. The molecule has 2 rings (SSSR count). The zero-order valence-corrected chi connectivity index (χ0v) is 10.1. The van der Waals surface area contributed by atoms with Crippen molar-refractivity contribution in [3.63, 3.8) is 0 Å². The lowest BCUT2D eigenvalue weighted by molar-refractivity contribution is -0.141. The van der Waals surface area contributed by atoms with E-state index in [1.165, 1.54) is 6.20 Å². The lowest BCUT2D eigenvalue weighted by Crippen LogP contribution is -2.11. The van der Waals surface area contributed by atoms with Crippen molar-refractivity contribution in [2.24, 2.45) is 0 Å². The number of carbonyl (C=O) groups excluding carboxylic acids is 1. The second-order valence-electron chi connectivity index (χ2n) is 3.82. The van der Waals surface area contributed by atoms with Crippen LogP contribution in [0.3, 0.4) is 0 Å². The largest absolute Gasteiger partial charge is 0.434 e. The summed E-state index contributed by atoms with van der Waals surface area (Å²) in [5, 5.41) is 2.44. The van der Waals surface area contributed by atoms with Crippen LogP contribution in [0.1, 0.15) is 11.4 Å². The number of pyridine rings is 1. The molecule has 104 valence electrons. The first-order valence-electron chi connectivity index (χ1n) is 5.52. The molecule has 0 bridgehead atoms. The van der Waals surface area contributed by atoms with Crippen LogP contribution in [0.4, 0.5) is 13.2 Å². The molecule has 5 nitrogen and oxygen atoms in total. The third kappa shape index (κ3) is 3.28. The first kappa shape index (κ1) is 13.9. The predicted octanol–water partition coefficient (Wildman–Crippen LogP) is 1.80. The molecule has 0 saturated carbocycles. The van der Waals surface area contributed by atoms with Gasteiger partial charge >= 0.3 is 6.18 Å². The maximum absolute atomic E-state index is 12.4. The van der Waals surface area contributed by atoms with Crippen molar-refractivity contribution in [1.82, 2.24) is 20.3 Å². The van der Waals surface area contributed by atoms with Crippen LogP contribution in [-0.4, -0.2) is 21.4 Å². The smallest absolute Gasteiger partial charge is 0.353 e. The minimum absolute atomic E-state index is 0.228. The molecule has 2 heterocycles. The number of amides is 1. The van der Waals surface area contributed by atoms with Crippen LogP contribution in [0.25, 0.3) is 11.3 Å². The van der Waals surface area contributed by atoms with Crippen LogP contribution >= 0.6 is 0 Å². The number of rotatable bonds is 4. The molecular formula is C12H9F3N4O. The number of hydrogen-bond acceptors (Lipinski definition) is 4. The fourth-order valence-corrected chi connectivity index (χ4v) is 1.50. The lowest BCUT2D eigenvalue weighted by Gasteiger charge is -2.06. The number of nitrogens with zero attached hydrogens (tertiary/aromatic N) is 3. The van der Waals surface area contributed by atoms with E-state index in [2.05, 4.69) is 20.3 Å². The molecule has 1 N–H and O–H groups in total. The molecule has 0 aliphatic rings. The Morgan fingerprint density at radius 3 is 2.60 bits per heavy atom. The van der Waals surface area contributed by atoms with Gasteiger partial charge in [0, 0.05) is 11.8 Å². The minimum atomic E-state index is -4.51. The van der Waals surface area contributed by atoms with Crippen molar-refractivity contribution >= 4 is 6.41 Å². The molecule has 0 aliphatic heterocycles. The lowest BCUT2D eigenvalue weighted by atomic mass is 10.1. The summed E-state index contributed by atoms with van der Waals surface area (Å²) in [4.78, 5) is 21.3. The first-order chi connectivity index (χ1) is 9.50. The zero-order chi connectivity index (χ0) is 14.6. The monoisotopic (exact) mass is 282 g/mol. The van der Waals surface area contributed by atoms with Crippen molar-refractivity contribution in [3.05, 3.63) is 42.1 Å². The van der Waals surface area contributed by atoms with Crippen LogP contribution in [0.5, 0.6) is 0 Å². The Hall–Kier alpha value is -2.51. The molecule has 20 heavy (non-hydrogen) atoms. The number of nitrogens with one attached hydrogen (secondary N) is 1. The van der Waals surface area contributed by atoms with E-state index < -0.39 is 11.9 Å². The Kier molecular flexibility index (Phi) is 3.92. The molecule has 0 radical (unpaired) electrons. The third-order valence-electron chi connectivity index (χ3n) is 2.42. The van der Waals surface area contributed by atoms with Crippen molar-refractivity contribution < 1.29 is 18.0 Å². The summed E-state index contributed by atoms with van der Waals surface area (Å²) in [6, 6.07) is 3.22. The summed E-state index contributed by atoms with van der Waals surface area (Å²) in [6.07, 6.45) is -0.764. The van der Waals surface area contributed by atoms with Crippen LogP contribution in [0.15, 0.2) is 30.7 Å². The molecule has 0 aliphatic carbocycles. The Labute approximate surface area is 111 Å². The van der Waals surface area contributed by atoms with Gasteiger partial charge in [0.25, 0.3) is 0 Å². The van der Waals surface area contributed by atoms with Crippen LogP contribution in [0.2, 0.25) is 0 Å². The fraction of sp³-hybridized carbons (Fsp3) is 0.167. The second-order valence-corrected chi connectivity index (χ2v) is 3.82. The van der Waals surface area contributed by atoms with Gasteiger partial charge in [0.15, 0.2) is 5.69 Å². The van der Waals surface area contributed by atoms with E-state index >= 15 is 0 Å². The van der Waals surface area contributed by atoms with Crippen LogP contribution in [-0.2, 0) is 17.5 Å². The van der Waals surface area contributed by atoms with Crippen molar-refractivity contribution in [3.8, 4) is 11.3 Å². The number of carbonyl (C=O) groups is 1. The predicted molar refractivity (Wildman–Crippen MR) is 63.2 cm³/mol. The van der Waals surface area contributed by atoms with Crippen molar-refractivity contribution in [2.45, 2.75) is 12.7 Å². The number of alkyl halides is 3. The van der Waals surface area contributed by atoms with Gasteiger partial charge in [-0.1, -0.05) is 0 Å². The molecule has 2 aromatic heterocycles. The maximum Gasteiger partial charge on any atom is 0.434 e. The summed E-state index contributed by atoms with van der Waals surface area (Å²) in [5.74, 6) is 0. The van der Waals surface area contributed by atoms with E-state index in [1.807, 2.05) is 0 Å². The number of aromatic nitrogens is 3. The van der Waals surface area contributed by atoms with E-state index in [0.717, 1.165) is 6.20 Å². The van der Waals surface area contributed by atoms with E-state index in [4.69, 9.17) is 0 Å².